The van der Waals surface area contributed by atoms with E-state index in [0.29, 0.717) is 0 Å². The summed E-state index contributed by atoms with van der Waals surface area (Å²) < 4.78 is 0. The third-order valence-corrected chi connectivity index (χ3v) is 2.30. The average Bonchev–Trinajstić information content (AvgIpc) is 2.15. The minimum absolute atomic E-state index is 0. The number of nitrogen functional groups attached to an aromatic ring is 1. The van der Waals surface area contributed by atoms with E-state index in [2.05, 4.69) is 19.1 Å². The molecule has 0 aromatic heterocycles. The largest absolute Gasteiger partial charge is 0.399 e. The van der Waals surface area contributed by atoms with E-state index in [0.717, 1.165) is 5.69 Å². The van der Waals surface area contributed by atoms with E-state index in [-0.39, 0.29) is 12.4 Å². The predicted octanol–water partition coefficient (Wildman–Crippen LogP) is 3.81. The molecule has 1 aromatic rings. The molecule has 14 heavy (non-hydrogen) atoms. The van der Waals surface area contributed by atoms with Gasteiger partial charge in [-0.1, -0.05) is 38.3 Å². The Labute approximate surface area is 93.1 Å². The molecule has 1 rings (SSSR count). The Kier molecular flexibility index (Phi) is 7.31. The van der Waals surface area contributed by atoms with Crippen LogP contribution in [0.4, 0.5) is 5.69 Å². The first-order chi connectivity index (χ1) is 6.33. The van der Waals surface area contributed by atoms with E-state index in [4.69, 9.17) is 5.73 Å². The van der Waals surface area contributed by atoms with Crippen LogP contribution in [0.15, 0.2) is 24.3 Å². The number of anilines is 1. The molecule has 0 fully saturated rings. The van der Waals surface area contributed by atoms with Gasteiger partial charge in [0.1, 0.15) is 0 Å². The number of hydrogen-bond acceptors (Lipinski definition) is 1. The molecule has 1 aromatic carbocycles. The molecular formula is C12H20ClN. The molecular weight excluding hydrogens is 194 g/mol. The summed E-state index contributed by atoms with van der Waals surface area (Å²) in [5.74, 6) is 0. The van der Waals surface area contributed by atoms with Gasteiger partial charge in [-0.15, -0.1) is 12.4 Å². The normalized spacial score (nSPS) is 9.50. The molecule has 0 aliphatic heterocycles. The van der Waals surface area contributed by atoms with Gasteiger partial charge < -0.3 is 5.73 Å². The van der Waals surface area contributed by atoms with E-state index in [1.807, 2.05) is 12.1 Å². The maximum absolute atomic E-state index is 5.60. The highest BCUT2D eigenvalue weighted by Crippen LogP contribution is 2.10. The summed E-state index contributed by atoms with van der Waals surface area (Å²) >= 11 is 0. The van der Waals surface area contributed by atoms with Crippen molar-refractivity contribution in [2.45, 2.75) is 39.0 Å². The lowest BCUT2D eigenvalue weighted by molar-refractivity contribution is 0.667. The summed E-state index contributed by atoms with van der Waals surface area (Å²) in [7, 11) is 0. The van der Waals surface area contributed by atoms with Crippen LogP contribution in [0, 0.1) is 0 Å². The van der Waals surface area contributed by atoms with Crippen molar-refractivity contribution in [3.8, 4) is 0 Å². The Balaban J connectivity index is 0.00000169. The molecule has 0 unspecified atom stereocenters. The summed E-state index contributed by atoms with van der Waals surface area (Å²) in [6, 6.07) is 8.22. The number of halogens is 1. The lowest BCUT2D eigenvalue weighted by Gasteiger charge is -2.01. The van der Waals surface area contributed by atoms with Crippen LogP contribution in [0.25, 0.3) is 0 Å². The molecule has 80 valence electrons. The van der Waals surface area contributed by atoms with Crippen molar-refractivity contribution in [2.24, 2.45) is 0 Å². The number of rotatable bonds is 5. The number of hydrogen-bond donors (Lipinski definition) is 1. The highest BCUT2D eigenvalue weighted by atomic mass is 35.5. The zero-order chi connectivity index (χ0) is 9.52. The first-order valence-electron chi connectivity index (χ1n) is 5.17. The first-order valence-corrected chi connectivity index (χ1v) is 5.17. The lowest BCUT2D eigenvalue weighted by Crippen LogP contribution is -1.88. The highest BCUT2D eigenvalue weighted by molar-refractivity contribution is 5.85. The van der Waals surface area contributed by atoms with Gasteiger partial charge in [-0.3, -0.25) is 0 Å². The Morgan fingerprint density at radius 1 is 1.00 bits per heavy atom. The van der Waals surface area contributed by atoms with Gasteiger partial charge in [-0.05, 0) is 30.5 Å². The van der Waals surface area contributed by atoms with Crippen LogP contribution in [-0.4, -0.2) is 0 Å². The number of nitrogens with two attached hydrogens (primary N) is 1. The summed E-state index contributed by atoms with van der Waals surface area (Å²) in [6.45, 7) is 2.24. The fourth-order valence-corrected chi connectivity index (χ4v) is 1.44. The van der Waals surface area contributed by atoms with Crippen molar-refractivity contribution in [1.82, 2.24) is 0 Å². The van der Waals surface area contributed by atoms with Crippen LogP contribution >= 0.6 is 12.4 Å². The molecule has 2 N–H and O–H groups in total. The topological polar surface area (TPSA) is 26.0 Å². The minimum atomic E-state index is 0. The van der Waals surface area contributed by atoms with Gasteiger partial charge in [-0.2, -0.15) is 0 Å². The van der Waals surface area contributed by atoms with E-state index in [9.17, 15) is 0 Å². The van der Waals surface area contributed by atoms with Gasteiger partial charge in [0.25, 0.3) is 0 Å². The minimum Gasteiger partial charge on any atom is -0.399 e. The van der Waals surface area contributed by atoms with Crippen LogP contribution < -0.4 is 5.73 Å². The summed E-state index contributed by atoms with van der Waals surface area (Å²) in [4.78, 5) is 0. The summed E-state index contributed by atoms with van der Waals surface area (Å²) in [6.07, 6.45) is 6.51. The lowest BCUT2D eigenvalue weighted by atomic mass is 10.1. The fraction of sp³-hybridized carbons (Fsp3) is 0.500. The standard InChI is InChI=1S/C12H19N.ClH/c1-2-3-4-5-6-11-7-9-12(13)10-8-11;/h7-10H,2-6,13H2,1H3;1H. The molecule has 0 aliphatic carbocycles. The van der Waals surface area contributed by atoms with Crippen molar-refractivity contribution in [3.05, 3.63) is 29.8 Å². The Hall–Kier alpha value is -0.690. The van der Waals surface area contributed by atoms with Crippen molar-refractivity contribution in [2.75, 3.05) is 5.73 Å². The van der Waals surface area contributed by atoms with Crippen LogP contribution in [0.3, 0.4) is 0 Å². The van der Waals surface area contributed by atoms with Crippen molar-refractivity contribution in [3.63, 3.8) is 0 Å². The summed E-state index contributed by atoms with van der Waals surface area (Å²) in [5, 5.41) is 0. The molecule has 0 saturated heterocycles. The molecule has 0 spiro atoms. The molecule has 0 heterocycles. The van der Waals surface area contributed by atoms with Crippen LogP contribution in [-0.2, 0) is 6.42 Å². The summed E-state index contributed by atoms with van der Waals surface area (Å²) in [5.41, 5.74) is 7.87. The third-order valence-electron chi connectivity index (χ3n) is 2.30. The second kappa shape index (κ2) is 7.69. The zero-order valence-electron chi connectivity index (χ0n) is 8.83. The zero-order valence-corrected chi connectivity index (χ0v) is 9.65. The third kappa shape index (κ3) is 5.13. The van der Waals surface area contributed by atoms with E-state index >= 15 is 0 Å². The monoisotopic (exact) mass is 213 g/mol. The Morgan fingerprint density at radius 3 is 2.21 bits per heavy atom. The Morgan fingerprint density at radius 2 is 1.64 bits per heavy atom. The molecule has 0 saturated carbocycles. The first kappa shape index (κ1) is 13.3. The SMILES string of the molecule is CCCCCCc1ccc(N)cc1.Cl. The van der Waals surface area contributed by atoms with Crippen molar-refractivity contribution < 1.29 is 0 Å². The molecule has 0 aliphatic rings. The molecule has 0 radical (unpaired) electrons. The van der Waals surface area contributed by atoms with Gasteiger partial charge in [0.05, 0.1) is 0 Å². The number of benzene rings is 1. The molecule has 0 atom stereocenters. The highest BCUT2D eigenvalue weighted by Gasteiger charge is 1.92. The maximum Gasteiger partial charge on any atom is 0.0314 e. The van der Waals surface area contributed by atoms with Gasteiger partial charge in [-0.25, -0.2) is 0 Å². The number of unbranched alkanes of at least 4 members (excludes halogenated alkanes) is 3. The molecule has 0 amide bonds. The fourth-order valence-electron chi connectivity index (χ4n) is 1.44. The molecule has 0 bridgehead atoms. The van der Waals surface area contributed by atoms with Gasteiger partial charge in [0.2, 0.25) is 0 Å². The van der Waals surface area contributed by atoms with Gasteiger partial charge in [0.15, 0.2) is 0 Å². The average molecular weight is 214 g/mol. The quantitative estimate of drug-likeness (QED) is 0.584. The maximum atomic E-state index is 5.60. The van der Waals surface area contributed by atoms with Crippen molar-refractivity contribution >= 4 is 18.1 Å². The van der Waals surface area contributed by atoms with Crippen LogP contribution in [0.2, 0.25) is 0 Å². The number of aryl methyl sites for hydroxylation is 1. The van der Waals surface area contributed by atoms with Crippen LogP contribution in [0.5, 0.6) is 0 Å². The van der Waals surface area contributed by atoms with Gasteiger partial charge in [0, 0.05) is 5.69 Å². The second-order valence-electron chi connectivity index (χ2n) is 3.55. The van der Waals surface area contributed by atoms with Crippen LogP contribution in [0.1, 0.15) is 38.2 Å². The van der Waals surface area contributed by atoms with E-state index in [1.54, 1.807) is 0 Å². The second-order valence-corrected chi connectivity index (χ2v) is 3.55. The smallest absolute Gasteiger partial charge is 0.0314 e. The van der Waals surface area contributed by atoms with Gasteiger partial charge >= 0.3 is 0 Å². The van der Waals surface area contributed by atoms with Crippen molar-refractivity contribution in [1.29, 1.82) is 0 Å². The Bertz CT molecular complexity index is 231. The van der Waals surface area contributed by atoms with E-state index in [1.165, 1.54) is 37.7 Å². The van der Waals surface area contributed by atoms with E-state index < -0.39 is 0 Å². The predicted molar refractivity (Wildman–Crippen MR) is 65.9 cm³/mol. The molecule has 2 heteroatoms. The molecule has 1 nitrogen and oxygen atoms in total.